The molecule has 1 aromatic carbocycles. The van der Waals surface area contributed by atoms with Gasteiger partial charge in [0.2, 0.25) is 0 Å². The molecule has 3 atom stereocenters. The van der Waals surface area contributed by atoms with Crippen molar-refractivity contribution in [3.8, 4) is 0 Å². The first kappa shape index (κ1) is 13.8. The second-order valence-corrected chi connectivity index (χ2v) is 5.73. The fourth-order valence-corrected chi connectivity index (χ4v) is 2.73. The molecule has 0 bridgehead atoms. The highest BCUT2D eigenvalue weighted by atomic mass is 16.8. The van der Waals surface area contributed by atoms with Crippen molar-refractivity contribution in [1.29, 1.82) is 0 Å². The lowest BCUT2D eigenvalue weighted by Crippen LogP contribution is -2.29. The summed E-state index contributed by atoms with van der Waals surface area (Å²) in [6.07, 6.45) is 0.670. The molecule has 0 amide bonds. The van der Waals surface area contributed by atoms with E-state index in [1.807, 2.05) is 44.2 Å². The minimum Gasteiger partial charge on any atom is -0.386 e. The fourth-order valence-electron chi connectivity index (χ4n) is 2.73. The monoisotopic (exact) mass is 276 g/mol. The van der Waals surface area contributed by atoms with Crippen LogP contribution in [0.1, 0.15) is 19.4 Å². The van der Waals surface area contributed by atoms with Crippen LogP contribution in [0.2, 0.25) is 0 Å². The SMILES string of the molecule is CC1(C)O[C@@H]2C(COCc3ccccc3)=CC(O)[C@@H]2O1. The van der Waals surface area contributed by atoms with E-state index in [1.54, 1.807) is 6.08 Å². The molecule has 20 heavy (non-hydrogen) atoms. The molecule has 2 aliphatic rings. The van der Waals surface area contributed by atoms with Crippen molar-refractivity contribution in [3.05, 3.63) is 47.5 Å². The number of benzene rings is 1. The Balaban J connectivity index is 1.57. The maximum atomic E-state index is 9.98. The van der Waals surface area contributed by atoms with Gasteiger partial charge in [-0.3, -0.25) is 0 Å². The van der Waals surface area contributed by atoms with Crippen molar-refractivity contribution in [2.75, 3.05) is 6.61 Å². The highest BCUT2D eigenvalue weighted by molar-refractivity contribution is 5.25. The van der Waals surface area contributed by atoms with E-state index in [0.29, 0.717) is 13.2 Å². The van der Waals surface area contributed by atoms with Crippen molar-refractivity contribution >= 4 is 0 Å². The van der Waals surface area contributed by atoms with E-state index in [4.69, 9.17) is 14.2 Å². The molecule has 4 nitrogen and oxygen atoms in total. The topological polar surface area (TPSA) is 47.9 Å². The van der Waals surface area contributed by atoms with Crippen molar-refractivity contribution in [2.24, 2.45) is 0 Å². The van der Waals surface area contributed by atoms with E-state index in [-0.39, 0.29) is 12.2 Å². The predicted molar refractivity (Wildman–Crippen MR) is 74.0 cm³/mol. The molecule has 0 radical (unpaired) electrons. The minimum absolute atomic E-state index is 0.198. The number of fused-ring (bicyclic) bond motifs is 1. The standard InChI is InChI=1S/C16H20O4/c1-16(2)19-14-12(8-13(17)15(14)20-16)10-18-9-11-6-4-3-5-7-11/h3-8,13-15,17H,9-10H2,1-2H3/t13?,14-,15+/m1/s1. The average molecular weight is 276 g/mol. The zero-order chi connectivity index (χ0) is 14.2. The van der Waals surface area contributed by atoms with Crippen LogP contribution in [0.25, 0.3) is 0 Å². The van der Waals surface area contributed by atoms with Gasteiger partial charge in [0.25, 0.3) is 0 Å². The van der Waals surface area contributed by atoms with Gasteiger partial charge in [-0.05, 0) is 31.1 Å². The van der Waals surface area contributed by atoms with Gasteiger partial charge in [0.15, 0.2) is 5.79 Å². The number of aliphatic hydroxyl groups is 1. The minimum atomic E-state index is -0.644. The number of aliphatic hydroxyl groups excluding tert-OH is 1. The van der Waals surface area contributed by atoms with E-state index in [0.717, 1.165) is 11.1 Å². The van der Waals surface area contributed by atoms with Gasteiger partial charge in [0.05, 0.1) is 13.2 Å². The molecule has 108 valence electrons. The largest absolute Gasteiger partial charge is 0.386 e. The zero-order valence-electron chi connectivity index (χ0n) is 11.8. The molecule has 3 rings (SSSR count). The van der Waals surface area contributed by atoms with Gasteiger partial charge >= 0.3 is 0 Å². The lowest BCUT2D eigenvalue weighted by atomic mass is 10.1. The van der Waals surface area contributed by atoms with Crippen LogP contribution >= 0.6 is 0 Å². The second kappa shape index (κ2) is 5.30. The van der Waals surface area contributed by atoms with Gasteiger partial charge in [-0.15, -0.1) is 0 Å². The molecule has 1 N–H and O–H groups in total. The van der Waals surface area contributed by atoms with Gasteiger partial charge in [0, 0.05) is 0 Å². The molecule has 1 heterocycles. The summed E-state index contributed by atoms with van der Waals surface area (Å²) in [7, 11) is 0. The molecule has 0 aromatic heterocycles. The Bertz CT molecular complexity index is 494. The Morgan fingerprint density at radius 3 is 2.65 bits per heavy atom. The highest BCUT2D eigenvalue weighted by Crippen LogP contribution is 2.38. The van der Waals surface area contributed by atoms with Crippen LogP contribution in [0.15, 0.2) is 42.0 Å². The third-order valence-corrected chi connectivity index (χ3v) is 3.60. The highest BCUT2D eigenvalue weighted by Gasteiger charge is 2.49. The van der Waals surface area contributed by atoms with Crippen LogP contribution in [-0.2, 0) is 20.8 Å². The molecule has 1 saturated heterocycles. The van der Waals surface area contributed by atoms with Gasteiger partial charge < -0.3 is 19.3 Å². The van der Waals surface area contributed by atoms with Crippen LogP contribution in [0, 0.1) is 0 Å². The molecule has 0 spiro atoms. The summed E-state index contributed by atoms with van der Waals surface area (Å²) in [6.45, 7) is 4.73. The van der Waals surface area contributed by atoms with Crippen LogP contribution in [0.4, 0.5) is 0 Å². The van der Waals surface area contributed by atoms with Crippen molar-refractivity contribution in [2.45, 2.75) is 44.6 Å². The quantitative estimate of drug-likeness (QED) is 0.855. The molecule has 1 fully saturated rings. The Kier molecular flexibility index (Phi) is 3.65. The normalized spacial score (nSPS) is 31.1. The Morgan fingerprint density at radius 2 is 1.90 bits per heavy atom. The van der Waals surface area contributed by atoms with E-state index in [2.05, 4.69) is 0 Å². The molecular formula is C16H20O4. The molecule has 1 aliphatic carbocycles. The number of ether oxygens (including phenoxy) is 3. The Hall–Kier alpha value is -1.20. The van der Waals surface area contributed by atoms with Crippen LogP contribution in [-0.4, -0.2) is 35.8 Å². The Morgan fingerprint density at radius 1 is 1.15 bits per heavy atom. The average Bonchev–Trinajstić information content (AvgIpc) is 2.87. The molecule has 1 aromatic rings. The maximum absolute atomic E-state index is 9.98. The fraction of sp³-hybridized carbons (Fsp3) is 0.500. The molecule has 0 saturated carbocycles. The summed E-state index contributed by atoms with van der Waals surface area (Å²) in [5, 5.41) is 9.98. The lowest BCUT2D eigenvalue weighted by Gasteiger charge is -2.19. The van der Waals surface area contributed by atoms with Crippen molar-refractivity contribution in [1.82, 2.24) is 0 Å². The summed E-state index contributed by atoms with van der Waals surface area (Å²) in [4.78, 5) is 0. The van der Waals surface area contributed by atoms with Crippen LogP contribution in [0.3, 0.4) is 0 Å². The molecular weight excluding hydrogens is 256 g/mol. The summed E-state index contributed by atoms with van der Waals surface area (Å²) in [5.74, 6) is -0.644. The third-order valence-electron chi connectivity index (χ3n) is 3.60. The number of hydrogen-bond donors (Lipinski definition) is 1. The van der Waals surface area contributed by atoms with E-state index in [9.17, 15) is 5.11 Å². The van der Waals surface area contributed by atoms with Gasteiger partial charge in [-0.25, -0.2) is 0 Å². The summed E-state index contributed by atoms with van der Waals surface area (Å²) in [5.41, 5.74) is 2.09. The third kappa shape index (κ3) is 2.79. The van der Waals surface area contributed by atoms with Gasteiger partial charge in [-0.1, -0.05) is 30.3 Å². The van der Waals surface area contributed by atoms with Crippen molar-refractivity contribution in [3.63, 3.8) is 0 Å². The number of rotatable bonds is 4. The van der Waals surface area contributed by atoms with E-state index in [1.165, 1.54) is 0 Å². The molecule has 1 aliphatic heterocycles. The smallest absolute Gasteiger partial charge is 0.164 e. The van der Waals surface area contributed by atoms with E-state index >= 15 is 0 Å². The second-order valence-electron chi connectivity index (χ2n) is 5.73. The summed E-state index contributed by atoms with van der Waals surface area (Å²) in [6, 6.07) is 10.0. The zero-order valence-corrected chi connectivity index (χ0v) is 11.8. The summed E-state index contributed by atoms with van der Waals surface area (Å²) < 4.78 is 17.2. The van der Waals surface area contributed by atoms with Gasteiger partial charge in [-0.2, -0.15) is 0 Å². The first-order valence-electron chi connectivity index (χ1n) is 6.91. The maximum Gasteiger partial charge on any atom is 0.164 e. The first-order valence-corrected chi connectivity index (χ1v) is 6.91. The summed E-state index contributed by atoms with van der Waals surface area (Å²) >= 11 is 0. The van der Waals surface area contributed by atoms with Crippen LogP contribution < -0.4 is 0 Å². The van der Waals surface area contributed by atoms with Gasteiger partial charge in [0.1, 0.15) is 18.3 Å². The van der Waals surface area contributed by atoms with Crippen molar-refractivity contribution < 1.29 is 19.3 Å². The van der Waals surface area contributed by atoms with Crippen LogP contribution in [0.5, 0.6) is 0 Å². The van der Waals surface area contributed by atoms with E-state index < -0.39 is 11.9 Å². The Labute approximate surface area is 119 Å². The molecule has 1 unspecified atom stereocenters. The predicted octanol–water partition coefficient (Wildman–Crippen LogP) is 2.02. The number of hydrogen-bond acceptors (Lipinski definition) is 4. The molecule has 4 heteroatoms. The first-order chi connectivity index (χ1) is 9.55. The lowest BCUT2D eigenvalue weighted by molar-refractivity contribution is -0.153.